The van der Waals surface area contributed by atoms with E-state index >= 15 is 0 Å². The summed E-state index contributed by atoms with van der Waals surface area (Å²) in [5.74, 6) is -0.412. The average Bonchev–Trinajstić information content (AvgIpc) is 2.58. The summed E-state index contributed by atoms with van der Waals surface area (Å²) in [7, 11) is 0. The van der Waals surface area contributed by atoms with Crippen LogP contribution in [0.1, 0.15) is 17.5 Å². The number of ether oxygens (including phenoxy) is 1. The predicted molar refractivity (Wildman–Crippen MR) is 83.6 cm³/mol. The van der Waals surface area contributed by atoms with Gasteiger partial charge in [-0.1, -0.05) is 23.3 Å². The lowest BCUT2D eigenvalue weighted by atomic mass is 9.93. The molecular formula is C17H13F4N3O. The smallest absolute Gasteiger partial charge is 0.417 e. The molecule has 0 saturated carbocycles. The van der Waals surface area contributed by atoms with Crippen molar-refractivity contribution < 1.29 is 22.3 Å². The van der Waals surface area contributed by atoms with Crippen molar-refractivity contribution in [1.82, 2.24) is 0 Å². The standard InChI is InChI=1S/C17H13F4N3O/c18-11-7-10-5-6-12(9-23-24-22)25-16(10)14(8-11)13-3-1-2-4-15(13)17(19,20)21/h1-4,7-8,12H,5-6,9H2/t12-/m1/s1. The zero-order valence-electron chi connectivity index (χ0n) is 12.9. The number of azide groups is 1. The van der Waals surface area contributed by atoms with Gasteiger partial charge in [0.15, 0.2) is 0 Å². The maximum Gasteiger partial charge on any atom is 0.417 e. The maximum absolute atomic E-state index is 14.0. The molecule has 1 atom stereocenters. The van der Waals surface area contributed by atoms with Crippen LogP contribution in [0.4, 0.5) is 17.6 Å². The normalized spacial score (nSPS) is 16.6. The molecule has 2 aromatic rings. The highest BCUT2D eigenvalue weighted by molar-refractivity contribution is 5.76. The monoisotopic (exact) mass is 351 g/mol. The minimum atomic E-state index is -4.57. The molecule has 0 unspecified atom stereocenters. The maximum atomic E-state index is 14.0. The number of fused-ring (bicyclic) bond motifs is 1. The third kappa shape index (κ3) is 3.53. The van der Waals surface area contributed by atoms with E-state index in [1.165, 1.54) is 24.3 Å². The van der Waals surface area contributed by atoms with E-state index in [0.29, 0.717) is 18.4 Å². The van der Waals surface area contributed by atoms with E-state index in [2.05, 4.69) is 10.0 Å². The highest BCUT2D eigenvalue weighted by atomic mass is 19.4. The molecule has 1 heterocycles. The molecule has 0 saturated heterocycles. The first-order chi connectivity index (χ1) is 11.9. The predicted octanol–water partition coefficient (Wildman–Crippen LogP) is 5.52. The van der Waals surface area contributed by atoms with Crippen LogP contribution >= 0.6 is 0 Å². The largest absolute Gasteiger partial charge is 0.489 e. The van der Waals surface area contributed by atoms with Crippen molar-refractivity contribution in [3.63, 3.8) is 0 Å². The van der Waals surface area contributed by atoms with Crippen LogP contribution in [0, 0.1) is 5.82 Å². The van der Waals surface area contributed by atoms with E-state index in [1.807, 2.05) is 0 Å². The third-order valence-electron chi connectivity index (χ3n) is 4.02. The Labute approximate surface area is 140 Å². The van der Waals surface area contributed by atoms with Gasteiger partial charge in [-0.25, -0.2) is 4.39 Å². The van der Waals surface area contributed by atoms with Crippen molar-refractivity contribution in [2.75, 3.05) is 6.54 Å². The van der Waals surface area contributed by atoms with Crippen LogP contribution in [0.25, 0.3) is 21.6 Å². The number of benzene rings is 2. The summed E-state index contributed by atoms with van der Waals surface area (Å²) in [6.07, 6.45) is -4.10. The van der Waals surface area contributed by atoms with Gasteiger partial charge in [-0.15, -0.1) is 0 Å². The first kappa shape index (κ1) is 17.1. The Morgan fingerprint density at radius 2 is 1.96 bits per heavy atom. The van der Waals surface area contributed by atoms with Crippen LogP contribution in [0.2, 0.25) is 0 Å². The second-order valence-corrected chi connectivity index (χ2v) is 5.68. The molecule has 1 aliphatic rings. The number of rotatable bonds is 3. The molecule has 0 N–H and O–H groups in total. The van der Waals surface area contributed by atoms with Gasteiger partial charge in [-0.05, 0) is 47.7 Å². The van der Waals surface area contributed by atoms with Crippen molar-refractivity contribution in [3.05, 3.63) is 63.8 Å². The van der Waals surface area contributed by atoms with Crippen LogP contribution in [-0.2, 0) is 12.6 Å². The van der Waals surface area contributed by atoms with Gasteiger partial charge in [0.05, 0.1) is 12.1 Å². The van der Waals surface area contributed by atoms with Crippen LogP contribution < -0.4 is 4.74 Å². The van der Waals surface area contributed by atoms with Crippen LogP contribution in [0.5, 0.6) is 5.75 Å². The van der Waals surface area contributed by atoms with Gasteiger partial charge >= 0.3 is 6.18 Å². The summed E-state index contributed by atoms with van der Waals surface area (Å²) < 4.78 is 59.7. The third-order valence-corrected chi connectivity index (χ3v) is 4.02. The first-order valence-electron chi connectivity index (χ1n) is 7.56. The summed E-state index contributed by atoms with van der Waals surface area (Å²) in [5, 5.41) is 3.45. The van der Waals surface area contributed by atoms with Crippen molar-refractivity contribution >= 4 is 0 Å². The molecule has 3 rings (SSSR count). The van der Waals surface area contributed by atoms with E-state index in [1.54, 1.807) is 0 Å². The van der Waals surface area contributed by atoms with Gasteiger partial charge in [0.25, 0.3) is 0 Å². The summed E-state index contributed by atoms with van der Waals surface area (Å²) >= 11 is 0. The van der Waals surface area contributed by atoms with Crippen molar-refractivity contribution in [1.29, 1.82) is 0 Å². The quantitative estimate of drug-likeness (QED) is 0.311. The lowest BCUT2D eigenvalue weighted by Crippen LogP contribution is -2.26. The Morgan fingerprint density at radius 3 is 2.68 bits per heavy atom. The highest BCUT2D eigenvalue weighted by Crippen LogP contribution is 2.43. The summed E-state index contributed by atoms with van der Waals surface area (Å²) in [4.78, 5) is 2.66. The van der Waals surface area contributed by atoms with Gasteiger partial charge in [0.1, 0.15) is 17.7 Å². The molecule has 4 nitrogen and oxygen atoms in total. The van der Waals surface area contributed by atoms with Gasteiger partial charge in [-0.2, -0.15) is 13.2 Å². The van der Waals surface area contributed by atoms with Gasteiger partial charge in [-0.3, -0.25) is 0 Å². The second-order valence-electron chi connectivity index (χ2n) is 5.68. The van der Waals surface area contributed by atoms with Gasteiger partial charge in [0.2, 0.25) is 0 Å². The first-order valence-corrected chi connectivity index (χ1v) is 7.56. The molecule has 0 aliphatic carbocycles. The lowest BCUT2D eigenvalue weighted by molar-refractivity contribution is -0.137. The Bertz CT molecular complexity index is 844. The van der Waals surface area contributed by atoms with Crippen LogP contribution in [-0.4, -0.2) is 12.6 Å². The molecule has 0 amide bonds. The molecule has 25 heavy (non-hydrogen) atoms. The molecule has 0 aromatic heterocycles. The Morgan fingerprint density at radius 1 is 1.20 bits per heavy atom. The number of hydrogen-bond donors (Lipinski definition) is 0. The minimum absolute atomic E-state index is 0.0496. The van der Waals surface area contributed by atoms with Crippen LogP contribution in [0.3, 0.4) is 0 Å². The molecule has 0 fully saturated rings. The molecule has 1 aliphatic heterocycles. The Balaban J connectivity index is 2.13. The lowest BCUT2D eigenvalue weighted by Gasteiger charge is -2.28. The molecule has 0 bridgehead atoms. The molecule has 0 spiro atoms. The molecule has 2 aromatic carbocycles. The Kier molecular flexibility index (Phi) is 4.55. The molecule has 0 radical (unpaired) electrons. The molecule has 130 valence electrons. The number of nitrogens with zero attached hydrogens (tertiary/aromatic N) is 3. The fourth-order valence-electron chi connectivity index (χ4n) is 2.94. The molecular weight excluding hydrogens is 338 g/mol. The summed E-state index contributed by atoms with van der Waals surface area (Å²) in [6, 6.07) is 7.29. The highest BCUT2D eigenvalue weighted by Gasteiger charge is 2.35. The van der Waals surface area contributed by atoms with E-state index in [4.69, 9.17) is 10.3 Å². The van der Waals surface area contributed by atoms with Crippen LogP contribution in [0.15, 0.2) is 41.5 Å². The minimum Gasteiger partial charge on any atom is -0.489 e. The number of aryl methyl sites for hydroxylation is 1. The van der Waals surface area contributed by atoms with Crippen molar-refractivity contribution in [2.24, 2.45) is 5.11 Å². The SMILES string of the molecule is [N-]=[N+]=NC[C@H]1CCc2cc(F)cc(-c3ccccc3C(F)(F)F)c2O1. The van der Waals surface area contributed by atoms with E-state index in [-0.39, 0.29) is 23.4 Å². The Hall–Kier alpha value is -2.73. The van der Waals surface area contributed by atoms with Crippen molar-refractivity contribution in [3.8, 4) is 16.9 Å². The van der Waals surface area contributed by atoms with Gasteiger partial charge in [0, 0.05) is 10.5 Å². The fraction of sp³-hybridized carbons (Fsp3) is 0.294. The summed E-state index contributed by atoms with van der Waals surface area (Å²) in [6.45, 7) is 0.0632. The van der Waals surface area contributed by atoms with Crippen molar-refractivity contribution in [2.45, 2.75) is 25.1 Å². The summed E-state index contributed by atoms with van der Waals surface area (Å²) in [5.41, 5.74) is 7.97. The van der Waals surface area contributed by atoms with E-state index < -0.39 is 23.7 Å². The number of hydrogen-bond acceptors (Lipinski definition) is 2. The van der Waals surface area contributed by atoms with E-state index in [9.17, 15) is 17.6 Å². The fourth-order valence-corrected chi connectivity index (χ4v) is 2.94. The number of alkyl halides is 3. The zero-order valence-corrected chi connectivity index (χ0v) is 12.9. The average molecular weight is 351 g/mol. The number of halogens is 4. The van der Waals surface area contributed by atoms with E-state index in [0.717, 1.165) is 12.1 Å². The zero-order chi connectivity index (χ0) is 18.0. The van der Waals surface area contributed by atoms with Gasteiger partial charge < -0.3 is 4.74 Å². The molecule has 8 heteroatoms. The topological polar surface area (TPSA) is 58.0 Å². The second kappa shape index (κ2) is 6.64.